The van der Waals surface area contributed by atoms with Crippen LogP contribution in [0.2, 0.25) is 0 Å². The van der Waals surface area contributed by atoms with Crippen molar-refractivity contribution in [2.24, 2.45) is 0 Å². The van der Waals surface area contributed by atoms with E-state index in [2.05, 4.69) is 10.3 Å². The quantitative estimate of drug-likeness (QED) is 0.790. The highest BCUT2D eigenvalue weighted by Crippen LogP contribution is 2.27. The van der Waals surface area contributed by atoms with Crippen LogP contribution in [0.5, 0.6) is 11.5 Å². The number of thiazole rings is 1. The molecule has 0 bridgehead atoms. The van der Waals surface area contributed by atoms with Crippen LogP contribution >= 0.6 is 11.3 Å². The molecule has 1 heterocycles. The molecule has 0 spiro atoms. The number of carbonyl (C=O) groups excluding carboxylic acids is 1. The van der Waals surface area contributed by atoms with Gasteiger partial charge in [-0.05, 0) is 37.3 Å². The van der Waals surface area contributed by atoms with Crippen LogP contribution in [0.3, 0.4) is 0 Å². The number of carbonyl (C=O) groups is 1. The summed E-state index contributed by atoms with van der Waals surface area (Å²) in [6.07, 6.45) is 0. The maximum Gasteiger partial charge on any atom is 0.259 e. The lowest BCUT2D eigenvalue weighted by Gasteiger charge is -2.11. The van der Waals surface area contributed by atoms with Crippen molar-refractivity contribution in [1.29, 1.82) is 0 Å². The molecule has 0 unspecified atom stereocenters. The van der Waals surface area contributed by atoms with E-state index in [1.54, 1.807) is 36.6 Å². The molecule has 5 nitrogen and oxygen atoms in total. The van der Waals surface area contributed by atoms with Crippen LogP contribution in [-0.4, -0.2) is 25.1 Å². The number of ether oxygens (including phenoxy) is 2. The first-order valence-corrected chi connectivity index (χ1v) is 7.83. The number of nitrogens with one attached hydrogen (secondary N) is 1. The Labute approximate surface area is 137 Å². The summed E-state index contributed by atoms with van der Waals surface area (Å²) in [5.41, 5.74) is 2.12. The third-order valence-corrected chi connectivity index (χ3v) is 4.34. The van der Waals surface area contributed by atoms with E-state index in [0.29, 0.717) is 17.1 Å². The molecule has 0 aliphatic heterocycles. The molecule has 0 saturated heterocycles. The van der Waals surface area contributed by atoms with E-state index < -0.39 is 0 Å². The van der Waals surface area contributed by atoms with Crippen LogP contribution in [0.15, 0.2) is 36.4 Å². The van der Waals surface area contributed by atoms with Gasteiger partial charge in [0, 0.05) is 11.8 Å². The second-order valence-electron chi connectivity index (χ2n) is 4.94. The molecule has 6 heteroatoms. The molecule has 0 atom stereocenters. The third-order valence-electron chi connectivity index (χ3n) is 3.41. The monoisotopic (exact) mass is 328 g/mol. The molecule has 0 aliphatic carbocycles. The van der Waals surface area contributed by atoms with E-state index in [0.717, 1.165) is 20.9 Å². The Balaban J connectivity index is 1.87. The predicted octanol–water partition coefficient (Wildman–Crippen LogP) is 3.87. The highest BCUT2D eigenvalue weighted by Gasteiger charge is 2.14. The smallest absolute Gasteiger partial charge is 0.259 e. The third kappa shape index (κ3) is 3.12. The zero-order valence-electron chi connectivity index (χ0n) is 13.0. The molecule has 1 aromatic heterocycles. The van der Waals surface area contributed by atoms with Crippen LogP contribution in [0.25, 0.3) is 10.2 Å². The van der Waals surface area contributed by atoms with Gasteiger partial charge in [0.25, 0.3) is 5.91 Å². The molecule has 0 saturated carbocycles. The van der Waals surface area contributed by atoms with Crippen LogP contribution in [-0.2, 0) is 0 Å². The minimum atomic E-state index is -0.231. The van der Waals surface area contributed by atoms with E-state index in [1.807, 2.05) is 25.1 Å². The lowest BCUT2D eigenvalue weighted by Crippen LogP contribution is -2.13. The summed E-state index contributed by atoms with van der Waals surface area (Å²) in [6.45, 7) is 1.96. The summed E-state index contributed by atoms with van der Waals surface area (Å²) in [5, 5.41) is 3.89. The Bertz CT molecular complexity index is 873. The molecule has 23 heavy (non-hydrogen) atoms. The van der Waals surface area contributed by atoms with E-state index in [-0.39, 0.29) is 5.91 Å². The Kier molecular flexibility index (Phi) is 4.16. The van der Waals surface area contributed by atoms with Gasteiger partial charge in [-0.3, -0.25) is 4.79 Å². The Morgan fingerprint density at radius 3 is 2.70 bits per heavy atom. The first-order valence-electron chi connectivity index (χ1n) is 7.01. The van der Waals surface area contributed by atoms with Crippen LogP contribution < -0.4 is 14.8 Å². The van der Waals surface area contributed by atoms with E-state index in [4.69, 9.17) is 9.47 Å². The summed E-state index contributed by atoms with van der Waals surface area (Å²) in [7, 11) is 3.10. The van der Waals surface area contributed by atoms with Gasteiger partial charge in [-0.2, -0.15) is 0 Å². The number of anilines is 1. The van der Waals surface area contributed by atoms with Gasteiger partial charge in [-0.1, -0.05) is 0 Å². The number of amides is 1. The second-order valence-corrected chi connectivity index (χ2v) is 6.17. The maximum absolute atomic E-state index is 12.5. The number of nitrogens with zero attached hydrogens (tertiary/aromatic N) is 1. The van der Waals surface area contributed by atoms with Crippen molar-refractivity contribution >= 4 is 33.1 Å². The molecule has 3 aromatic rings. The lowest BCUT2D eigenvalue weighted by molar-refractivity contribution is 0.102. The molecule has 1 amide bonds. The fourth-order valence-corrected chi connectivity index (χ4v) is 3.17. The highest BCUT2D eigenvalue weighted by molar-refractivity contribution is 7.18. The number of methoxy groups -OCH3 is 2. The highest BCUT2D eigenvalue weighted by atomic mass is 32.1. The number of aromatic nitrogens is 1. The van der Waals surface area contributed by atoms with Crippen molar-refractivity contribution in [2.45, 2.75) is 6.92 Å². The van der Waals surface area contributed by atoms with E-state index >= 15 is 0 Å². The first kappa shape index (κ1) is 15.3. The molecule has 0 radical (unpaired) electrons. The summed E-state index contributed by atoms with van der Waals surface area (Å²) in [6, 6.07) is 10.8. The predicted molar refractivity (Wildman–Crippen MR) is 91.9 cm³/mol. The molecule has 2 aromatic carbocycles. The molecule has 1 N–H and O–H groups in total. The van der Waals surface area contributed by atoms with Gasteiger partial charge < -0.3 is 14.8 Å². The number of hydrogen-bond acceptors (Lipinski definition) is 5. The van der Waals surface area contributed by atoms with Gasteiger partial charge in [-0.15, -0.1) is 11.3 Å². The van der Waals surface area contributed by atoms with Gasteiger partial charge in [0.2, 0.25) is 0 Å². The summed E-state index contributed by atoms with van der Waals surface area (Å²) < 4.78 is 11.5. The topological polar surface area (TPSA) is 60.5 Å². The van der Waals surface area contributed by atoms with Gasteiger partial charge in [-0.25, -0.2) is 4.98 Å². The maximum atomic E-state index is 12.5. The fraction of sp³-hybridized carbons (Fsp3) is 0.176. The molecule has 118 valence electrons. The first-order chi connectivity index (χ1) is 11.1. The van der Waals surface area contributed by atoms with Gasteiger partial charge >= 0.3 is 0 Å². The van der Waals surface area contributed by atoms with Crippen LogP contribution in [0, 0.1) is 6.92 Å². The second kappa shape index (κ2) is 6.26. The van der Waals surface area contributed by atoms with Crippen molar-refractivity contribution in [1.82, 2.24) is 4.98 Å². The number of fused-ring (bicyclic) bond motifs is 1. The normalized spacial score (nSPS) is 10.6. The van der Waals surface area contributed by atoms with Crippen molar-refractivity contribution in [3.63, 3.8) is 0 Å². The van der Waals surface area contributed by atoms with E-state index in [1.165, 1.54) is 7.11 Å². The Hall–Kier alpha value is -2.60. The standard InChI is InChI=1S/C17H16N2O3S/c1-10-18-14-7-4-11(8-16(14)23-10)19-17(20)13-6-5-12(21-2)9-15(13)22-3/h4-9H,1-3H3,(H,19,20). The van der Waals surface area contributed by atoms with Gasteiger partial charge in [0.1, 0.15) is 11.5 Å². The molecule has 3 rings (SSSR count). The lowest BCUT2D eigenvalue weighted by atomic mass is 10.1. The summed E-state index contributed by atoms with van der Waals surface area (Å²) in [4.78, 5) is 16.9. The summed E-state index contributed by atoms with van der Waals surface area (Å²) in [5.74, 6) is 0.876. The number of hydrogen-bond donors (Lipinski definition) is 1. The average Bonchev–Trinajstić information content (AvgIpc) is 2.93. The van der Waals surface area contributed by atoms with Crippen LogP contribution in [0.1, 0.15) is 15.4 Å². The van der Waals surface area contributed by atoms with Crippen molar-refractivity contribution in [3.05, 3.63) is 47.0 Å². The SMILES string of the molecule is COc1ccc(C(=O)Nc2ccc3nc(C)sc3c2)c(OC)c1. The molecule has 0 fully saturated rings. The average molecular weight is 328 g/mol. The van der Waals surface area contributed by atoms with Crippen molar-refractivity contribution in [3.8, 4) is 11.5 Å². The largest absolute Gasteiger partial charge is 0.497 e. The fourth-order valence-electron chi connectivity index (χ4n) is 2.30. The number of benzene rings is 2. The zero-order valence-corrected chi connectivity index (χ0v) is 13.9. The van der Waals surface area contributed by atoms with E-state index in [9.17, 15) is 4.79 Å². The minimum absolute atomic E-state index is 0.231. The number of aryl methyl sites for hydroxylation is 1. The van der Waals surface area contributed by atoms with Crippen molar-refractivity contribution < 1.29 is 14.3 Å². The molecular formula is C17H16N2O3S. The Morgan fingerprint density at radius 1 is 1.13 bits per heavy atom. The summed E-state index contributed by atoms with van der Waals surface area (Å²) >= 11 is 1.60. The molecule has 0 aliphatic rings. The minimum Gasteiger partial charge on any atom is -0.497 e. The van der Waals surface area contributed by atoms with Crippen molar-refractivity contribution in [2.75, 3.05) is 19.5 Å². The van der Waals surface area contributed by atoms with Crippen LogP contribution in [0.4, 0.5) is 5.69 Å². The van der Waals surface area contributed by atoms with Gasteiger partial charge in [0.05, 0.1) is 35.0 Å². The number of rotatable bonds is 4. The Morgan fingerprint density at radius 2 is 1.96 bits per heavy atom. The zero-order chi connectivity index (χ0) is 16.4. The molecular weight excluding hydrogens is 312 g/mol. The van der Waals surface area contributed by atoms with Gasteiger partial charge in [0.15, 0.2) is 0 Å².